The topological polar surface area (TPSA) is 58.6 Å². The van der Waals surface area contributed by atoms with Crippen LogP contribution in [-0.2, 0) is 14.3 Å². The molecule has 0 radical (unpaired) electrons. The number of aliphatic carboxylic acids is 1. The van der Waals surface area contributed by atoms with Gasteiger partial charge in [-0.25, -0.2) is 0 Å². The molecule has 0 bridgehead atoms. The van der Waals surface area contributed by atoms with Crippen molar-refractivity contribution in [3.05, 3.63) is 0 Å². The maximum absolute atomic E-state index is 9.36. The molecule has 5 heteroatoms. The number of hydrogen-bond acceptors (Lipinski definition) is 4. The summed E-state index contributed by atoms with van der Waals surface area (Å²) in [6, 6.07) is 0. The number of carboxylic acids is 1. The van der Waals surface area contributed by atoms with Gasteiger partial charge in [-0.1, -0.05) is 13.3 Å². The Bertz CT molecular complexity index is 187. The van der Waals surface area contributed by atoms with Gasteiger partial charge in [-0.3, -0.25) is 0 Å². The summed E-state index contributed by atoms with van der Waals surface area (Å²) in [5, 5.41) is 9.36. The highest BCUT2D eigenvalue weighted by molar-refractivity contribution is 5.65. The molecule has 0 fully saturated rings. The van der Waals surface area contributed by atoms with Gasteiger partial charge in [-0.15, -0.1) is 0 Å². The summed E-state index contributed by atoms with van der Waals surface area (Å²) in [5.74, 6) is -1.18. The van der Waals surface area contributed by atoms with Crippen molar-refractivity contribution in [3.8, 4) is 0 Å². The van der Waals surface area contributed by atoms with E-state index in [1.807, 2.05) is 0 Å². The second-order valence-electron chi connectivity index (χ2n) is 4.24. The van der Waals surface area contributed by atoms with E-state index in [0.717, 1.165) is 17.8 Å². The zero-order chi connectivity index (χ0) is 13.7. The normalized spacial score (nSPS) is 13.5. The molecule has 0 aromatic carbocycles. The van der Waals surface area contributed by atoms with E-state index < -0.39 is 5.97 Å². The highest BCUT2D eigenvalue weighted by atomic mass is 16.5. The fraction of sp³-hybridized carbons (Fsp3) is 0.917. The number of unbranched alkanes of at least 4 members (excludes halogenated alkanes) is 1. The van der Waals surface area contributed by atoms with Gasteiger partial charge < -0.3 is 23.9 Å². The Kier molecular flexibility index (Phi) is 13.0. The lowest BCUT2D eigenvalue weighted by Gasteiger charge is -2.32. The minimum Gasteiger partial charge on any atom is -0.548 e. The van der Waals surface area contributed by atoms with Crippen LogP contribution in [0.15, 0.2) is 0 Å². The van der Waals surface area contributed by atoms with Crippen LogP contribution in [0.2, 0.25) is 0 Å². The first-order valence-electron chi connectivity index (χ1n) is 5.97. The van der Waals surface area contributed by atoms with Gasteiger partial charge in [0.1, 0.15) is 0 Å². The van der Waals surface area contributed by atoms with Crippen LogP contribution >= 0.6 is 0 Å². The van der Waals surface area contributed by atoms with Gasteiger partial charge in [-0.2, -0.15) is 0 Å². The molecule has 0 saturated heterocycles. The Morgan fingerprint density at radius 1 is 1.24 bits per heavy atom. The first-order chi connectivity index (χ1) is 7.95. The third kappa shape index (κ3) is 13.3. The third-order valence-corrected chi connectivity index (χ3v) is 2.52. The van der Waals surface area contributed by atoms with Crippen molar-refractivity contribution in [2.24, 2.45) is 0 Å². The molecule has 0 rings (SSSR count). The molecule has 0 saturated carbocycles. The quantitative estimate of drug-likeness (QED) is 0.457. The van der Waals surface area contributed by atoms with Crippen LogP contribution in [0.5, 0.6) is 0 Å². The molecule has 0 spiro atoms. The van der Waals surface area contributed by atoms with Gasteiger partial charge in [0.2, 0.25) is 0 Å². The third-order valence-electron chi connectivity index (χ3n) is 2.52. The lowest BCUT2D eigenvalue weighted by Crippen LogP contribution is -2.45. The predicted octanol–water partition coefficient (Wildman–Crippen LogP) is 0.240. The van der Waals surface area contributed by atoms with Crippen molar-refractivity contribution in [2.45, 2.75) is 26.7 Å². The number of hydrogen-bond donors (Lipinski definition) is 0. The van der Waals surface area contributed by atoms with Crippen LogP contribution in [-0.4, -0.2) is 58.1 Å². The SMILES string of the molecule is CCCC[N+](C)(CC)COC.COCC(=O)[O-]. The molecule has 0 aliphatic carbocycles. The summed E-state index contributed by atoms with van der Waals surface area (Å²) in [5.41, 5.74) is 0. The van der Waals surface area contributed by atoms with Crippen LogP contribution in [0.3, 0.4) is 0 Å². The van der Waals surface area contributed by atoms with Crippen LogP contribution in [0.25, 0.3) is 0 Å². The smallest absolute Gasteiger partial charge is 0.182 e. The number of carbonyl (C=O) groups is 1. The Morgan fingerprint density at radius 2 is 1.82 bits per heavy atom. The Balaban J connectivity index is 0. The van der Waals surface area contributed by atoms with Gasteiger partial charge in [0.15, 0.2) is 6.73 Å². The molecule has 0 N–H and O–H groups in total. The number of ether oxygens (including phenoxy) is 2. The minimum atomic E-state index is -1.18. The van der Waals surface area contributed by atoms with Gasteiger partial charge in [0.05, 0.1) is 32.7 Å². The number of carboxylic acid groups (broad SMARTS) is 1. The zero-order valence-electron chi connectivity index (χ0n) is 11.8. The van der Waals surface area contributed by atoms with Crippen molar-refractivity contribution < 1.29 is 23.9 Å². The number of carbonyl (C=O) groups excluding carboxylic acids is 1. The molecule has 0 aromatic rings. The highest BCUT2D eigenvalue weighted by Gasteiger charge is 2.16. The molecule has 0 amide bonds. The Morgan fingerprint density at radius 3 is 2.06 bits per heavy atom. The maximum atomic E-state index is 9.36. The van der Waals surface area contributed by atoms with Gasteiger partial charge in [-0.05, 0) is 13.3 Å². The summed E-state index contributed by atoms with van der Waals surface area (Å²) < 4.78 is 10.4. The Hall–Kier alpha value is -0.650. The molecular formula is C12H27NO4. The van der Waals surface area contributed by atoms with E-state index in [0.29, 0.717) is 0 Å². The average Bonchev–Trinajstić information content (AvgIpc) is 2.27. The van der Waals surface area contributed by atoms with Crippen molar-refractivity contribution in [1.82, 2.24) is 0 Å². The number of methoxy groups -OCH3 is 2. The number of nitrogens with zero attached hydrogens (tertiary/aromatic N) is 1. The van der Waals surface area contributed by atoms with E-state index in [4.69, 9.17) is 4.74 Å². The molecular weight excluding hydrogens is 222 g/mol. The fourth-order valence-electron chi connectivity index (χ4n) is 1.28. The average molecular weight is 249 g/mol. The van der Waals surface area contributed by atoms with Crippen LogP contribution < -0.4 is 5.11 Å². The van der Waals surface area contributed by atoms with Crippen LogP contribution in [0, 0.1) is 0 Å². The van der Waals surface area contributed by atoms with E-state index in [9.17, 15) is 9.90 Å². The van der Waals surface area contributed by atoms with E-state index in [2.05, 4.69) is 25.6 Å². The van der Waals surface area contributed by atoms with Gasteiger partial charge >= 0.3 is 0 Å². The monoisotopic (exact) mass is 249 g/mol. The second-order valence-corrected chi connectivity index (χ2v) is 4.24. The summed E-state index contributed by atoms with van der Waals surface area (Å²) in [6.07, 6.45) is 2.57. The molecule has 17 heavy (non-hydrogen) atoms. The fourth-order valence-corrected chi connectivity index (χ4v) is 1.28. The molecule has 1 atom stereocenters. The predicted molar refractivity (Wildman–Crippen MR) is 65.3 cm³/mol. The van der Waals surface area contributed by atoms with Crippen LogP contribution in [0.4, 0.5) is 0 Å². The van der Waals surface area contributed by atoms with Crippen molar-refractivity contribution in [1.29, 1.82) is 0 Å². The van der Waals surface area contributed by atoms with Crippen LogP contribution in [0.1, 0.15) is 26.7 Å². The molecule has 1 unspecified atom stereocenters. The number of quaternary nitrogens is 1. The van der Waals surface area contributed by atoms with Crippen molar-refractivity contribution in [3.63, 3.8) is 0 Å². The molecule has 5 nitrogen and oxygen atoms in total. The lowest BCUT2D eigenvalue weighted by molar-refractivity contribution is -0.926. The summed E-state index contributed by atoms with van der Waals surface area (Å²) in [6.45, 7) is 7.37. The van der Waals surface area contributed by atoms with Crippen molar-refractivity contribution >= 4 is 5.97 Å². The summed E-state index contributed by atoms with van der Waals surface area (Å²) in [4.78, 5) is 9.36. The second kappa shape index (κ2) is 11.8. The van der Waals surface area contributed by atoms with Crippen molar-refractivity contribution in [2.75, 3.05) is 47.7 Å². The molecule has 0 aliphatic heterocycles. The summed E-state index contributed by atoms with van der Waals surface area (Å²) in [7, 11) is 5.33. The standard InChI is InChI=1S/C9H22NO.C3H6O3/c1-5-7-8-10(3,6-2)9-11-4;1-6-2-3(4)5/h5-9H2,1-4H3;2H2,1H3,(H,4,5)/q+1;/p-1. The zero-order valence-corrected chi connectivity index (χ0v) is 11.8. The minimum absolute atomic E-state index is 0.319. The first kappa shape index (κ1) is 18.7. The number of rotatable bonds is 8. The summed E-state index contributed by atoms with van der Waals surface area (Å²) >= 11 is 0. The lowest BCUT2D eigenvalue weighted by atomic mass is 10.3. The van der Waals surface area contributed by atoms with E-state index in [-0.39, 0.29) is 6.61 Å². The molecule has 0 heterocycles. The maximum Gasteiger partial charge on any atom is 0.182 e. The van der Waals surface area contributed by atoms with E-state index in [1.165, 1.54) is 26.5 Å². The van der Waals surface area contributed by atoms with Gasteiger partial charge in [0, 0.05) is 14.2 Å². The highest BCUT2D eigenvalue weighted by Crippen LogP contribution is 2.04. The first-order valence-corrected chi connectivity index (χ1v) is 5.97. The molecule has 0 aliphatic rings. The van der Waals surface area contributed by atoms with E-state index >= 15 is 0 Å². The largest absolute Gasteiger partial charge is 0.548 e. The Labute approximate surface area is 105 Å². The van der Waals surface area contributed by atoms with E-state index in [1.54, 1.807) is 7.11 Å². The molecule has 0 aromatic heterocycles. The van der Waals surface area contributed by atoms with Gasteiger partial charge in [0.25, 0.3) is 0 Å². The molecule has 104 valence electrons.